The largest absolute Gasteiger partial charge is 0.314 e. The monoisotopic (exact) mass is 246 g/mol. The molecule has 1 aliphatic heterocycles. The normalized spacial score (nSPS) is 15.9. The third-order valence-corrected chi connectivity index (χ3v) is 3.40. The van der Waals surface area contributed by atoms with Crippen LogP contribution in [0.1, 0.15) is 36.6 Å². The number of nitrogens with one attached hydrogen (secondary N) is 1. The van der Waals surface area contributed by atoms with E-state index in [2.05, 4.69) is 32.1 Å². The Bertz CT molecular complexity index is 541. The van der Waals surface area contributed by atoms with Crippen LogP contribution in [0.25, 0.3) is 0 Å². The zero-order chi connectivity index (χ0) is 12.5. The molecular weight excluding hydrogens is 228 g/mol. The highest BCUT2D eigenvalue weighted by Gasteiger charge is 2.20. The van der Waals surface area contributed by atoms with Crippen molar-refractivity contribution in [2.24, 2.45) is 7.05 Å². The first-order chi connectivity index (χ1) is 8.74. The van der Waals surface area contributed by atoms with Crippen LogP contribution < -0.4 is 5.32 Å². The second kappa shape index (κ2) is 4.53. The number of hydrogen-bond donors (Lipinski definition) is 1. The maximum Gasteiger partial charge on any atom is 0.149 e. The lowest BCUT2D eigenvalue weighted by atomic mass is 10.3. The minimum Gasteiger partial charge on any atom is -0.314 e. The van der Waals surface area contributed by atoms with E-state index >= 15 is 0 Å². The summed E-state index contributed by atoms with van der Waals surface area (Å²) < 4.78 is 4.05. The molecule has 0 radical (unpaired) electrons. The molecule has 0 bridgehead atoms. The first-order valence-electron chi connectivity index (χ1n) is 6.37. The molecule has 0 aliphatic carbocycles. The molecule has 1 N–H and O–H groups in total. The Balaban J connectivity index is 1.66. The van der Waals surface area contributed by atoms with E-state index in [1.807, 2.05) is 24.1 Å². The van der Waals surface area contributed by atoms with Crippen molar-refractivity contribution in [3.63, 3.8) is 0 Å². The minimum atomic E-state index is 0.213. The number of aryl methyl sites for hydroxylation is 2. The van der Waals surface area contributed by atoms with E-state index in [-0.39, 0.29) is 6.04 Å². The number of aromatic nitrogens is 5. The van der Waals surface area contributed by atoms with E-state index in [4.69, 9.17) is 0 Å². The molecule has 96 valence electrons. The summed E-state index contributed by atoms with van der Waals surface area (Å²) in [5.74, 6) is 2.17. The Labute approximate surface area is 106 Å². The Hall–Kier alpha value is -1.69. The standard InChI is InChI=1S/C12H18N6/c1-9(13-6-10-7-14-17(2)8-10)12-16-15-11-4-3-5-18(11)12/h7-9,13H,3-6H2,1-2H3. The van der Waals surface area contributed by atoms with E-state index < -0.39 is 0 Å². The van der Waals surface area contributed by atoms with Crippen LogP contribution in [0.4, 0.5) is 0 Å². The van der Waals surface area contributed by atoms with Crippen LogP contribution in [0.15, 0.2) is 12.4 Å². The van der Waals surface area contributed by atoms with Crippen molar-refractivity contribution in [1.29, 1.82) is 0 Å². The van der Waals surface area contributed by atoms with Gasteiger partial charge in [-0.05, 0) is 13.3 Å². The summed E-state index contributed by atoms with van der Waals surface area (Å²) >= 11 is 0. The highest BCUT2D eigenvalue weighted by Crippen LogP contribution is 2.19. The van der Waals surface area contributed by atoms with Crippen molar-refractivity contribution in [2.75, 3.05) is 0 Å². The molecule has 2 aromatic rings. The molecule has 3 rings (SSSR count). The SMILES string of the molecule is CC(NCc1cnn(C)c1)c1nnc2n1CCC2. The van der Waals surface area contributed by atoms with Gasteiger partial charge in [-0.3, -0.25) is 4.68 Å². The molecule has 0 aromatic carbocycles. The van der Waals surface area contributed by atoms with Crippen molar-refractivity contribution in [3.05, 3.63) is 29.6 Å². The van der Waals surface area contributed by atoms with Gasteiger partial charge < -0.3 is 9.88 Å². The maximum atomic E-state index is 4.28. The summed E-state index contributed by atoms with van der Waals surface area (Å²) in [6.07, 6.45) is 6.15. The molecule has 0 spiro atoms. The van der Waals surface area contributed by atoms with Crippen LogP contribution in [0.3, 0.4) is 0 Å². The lowest BCUT2D eigenvalue weighted by Crippen LogP contribution is -2.21. The molecule has 0 fully saturated rings. The number of nitrogens with zero attached hydrogens (tertiary/aromatic N) is 5. The fourth-order valence-corrected chi connectivity index (χ4v) is 2.42. The minimum absolute atomic E-state index is 0.213. The van der Waals surface area contributed by atoms with E-state index in [0.717, 1.165) is 31.2 Å². The molecular formula is C12H18N6. The van der Waals surface area contributed by atoms with Gasteiger partial charge in [-0.2, -0.15) is 5.10 Å². The Morgan fingerprint density at radius 2 is 2.33 bits per heavy atom. The molecule has 0 saturated heterocycles. The molecule has 2 aromatic heterocycles. The maximum absolute atomic E-state index is 4.28. The quantitative estimate of drug-likeness (QED) is 0.867. The van der Waals surface area contributed by atoms with E-state index in [1.165, 1.54) is 12.0 Å². The van der Waals surface area contributed by atoms with Crippen molar-refractivity contribution in [2.45, 2.75) is 38.9 Å². The van der Waals surface area contributed by atoms with Gasteiger partial charge >= 0.3 is 0 Å². The molecule has 6 nitrogen and oxygen atoms in total. The third kappa shape index (κ3) is 2.03. The van der Waals surface area contributed by atoms with Crippen LogP contribution in [-0.4, -0.2) is 24.5 Å². The number of fused-ring (bicyclic) bond motifs is 1. The van der Waals surface area contributed by atoms with E-state index in [0.29, 0.717) is 0 Å². The number of hydrogen-bond acceptors (Lipinski definition) is 4. The average Bonchev–Trinajstić information content (AvgIpc) is 3.01. The predicted molar refractivity (Wildman–Crippen MR) is 66.8 cm³/mol. The van der Waals surface area contributed by atoms with Gasteiger partial charge in [0.2, 0.25) is 0 Å². The second-order valence-electron chi connectivity index (χ2n) is 4.85. The van der Waals surface area contributed by atoms with Gasteiger partial charge in [0, 0.05) is 38.3 Å². The number of rotatable bonds is 4. The first-order valence-corrected chi connectivity index (χ1v) is 6.37. The Kier molecular flexibility index (Phi) is 2.87. The topological polar surface area (TPSA) is 60.6 Å². The summed E-state index contributed by atoms with van der Waals surface area (Å²) in [4.78, 5) is 0. The van der Waals surface area contributed by atoms with Gasteiger partial charge in [-0.1, -0.05) is 0 Å². The van der Waals surface area contributed by atoms with E-state index in [1.54, 1.807) is 0 Å². The van der Waals surface area contributed by atoms with Crippen LogP contribution >= 0.6 is 0 Å². The van der Waals surface area contributed by atoms with Gasteiger partial charge in [0.1, 0.15) is 11.6 Å². The fraction of sp³-hybridized carbons (Fsp3) is 0.583. The molecule has 1 aliphatic rings. The van der Waals surface area contributed by atoms with Gasteiger partial charge in [0.25, 0.3) is 0 Å². The summed E-state index contributed by atoms with van der Waals surface area (Å²) in [6.45, 7) is 3.99. The second-order valence-corrected chi connectivity index (χ2v) is 4.85. The Morgan fingerprint density at radius 1 is 1.44 bits per heavy atom. The zero-order valence-electron chi connectivity index (χ0n) is 10.8. The molecule has 0 saturated carbocycles. The zero-order valence-corrected chi connectivity index (χ0v) is 10.8. The highest BCUT2D eigenvalue weighted by molar-refractivity contribution is 5.07. The Morgan fingerprint density at radius 3 is 3.11 bits per heavy atom. The van der Waals surface area contributed by atoms with Gasteiger partial charge in [0.15, 0.2) is 0 Å². The van der Waals surface area contributed by atoms with Crippen LogP contribution in [0.2, 0.25) is 0 Å². The van der Waals surface area contributed by atoms with Gasteiger partial charge in [-0.15, -0.1) is 10.2 Å². The van der Waals surface area contributed by atoms with Crippen molar-refractivity contribution in [1.82, 2.24) is 29.9 Å². The predicted octanol–water partition coefficient (Wildman–Crippen LogP) is 0.809. The van der Waals surface area contributed by atoms with Gasteiger partial charge in [-0.25, -0.2) is 0 Å². The summed E-state index contributed by atoms with van der Waals surface area (Å²) in [6, 6.07) is 0.213. The molecule has 18 heavy (non-hydrogen) atoms. The molecule has 0 amide bonds. The molecule has 1 unspecified atom stereocenters. The van der Waals surface area contributed by atoms with Gasteiger partial charge in [0.05, 0.1) is 12.2 Å². The van der Waals surface area contributed by atoms with Crippen LogP contribution in [0.5, 0.6) is 0 Å². The average molecular weight is 246 g/mol. The first kappa shape index (κ1) is 11.4. The summed E-state index contributed by atoms with van der Waals surface area (Å²) in [5, 5.41) is 16.1. The van der Waals surface area contributed by atoms with Crippen molar-refractivity contribution < 1.29 is 0 Å². The molecule has 3 heterocycles. The summed E-state index contributed by atoms with van der Waals surface area (Å²) in [5.41, 5.74) is 1.19. The molecule has 6 heteroatoms. The third-order valence-electron chi connectivity index (χ3n) is 3.40. The van der Waals surface area contributed by atoms with Crippen LogP contribution in [-0.2, 0) is 26.6 Å². The lowest BCUT2D eigenvalue weighted by molar-refractivity contribution is 0.515. The smallest absolute Gasteiger partial charge is 0.149 e. The lowest BCUT2D eigenvalue weighted by Gasteiger charge is -2.12. The van der Waals surface area contributed by atoms with Crippen molar-refractivity contribution >= 4 is 0 Å². The summed E-state index contributed by atoms with van der Waals surface area (Å²) in [7, 11) is 1.93. The highest BCUT2D eigenvalue weighted by atomic mass is 15.3. The van der Waals surface area contributed by atoms with Crippen LogP contribution in [0, 0.1) is 0 Å². The fourth-order valence-electron chi connectivity index (χ4n) is 2.42. The molecule has 1 atom stereocenters. The van der Waals surface area contributed by atoms with E-state index in [9.17, 15) is 0 Å². The van der Waals surface area contributed by atoms with Crippen molar-refractivity contribution in [3.8, 4) is 0 Å².